The summed E-state index contributed by atoms with van der Waals surface area (Å²) in [5.74, 6) is 2.87. The van der Waals surface area contributed by atoms with Crippen LogP contribution in [0.5, 0.6) is 0 Å². The van der Waals surface area contributed by atoms with Gasteiger partial charge in [0.25, 0.3) is 0 Å². The SMILES string of the molecule is CC(C)(C)[S][Bi]1[S]CC[S]1. The summed E-state index contributed by atoms with van der Waals surface area (Å²) >= 11 is -1.04. The summed E-state index contributed by atoms with van der Waals surface area (Å²) in [7, 11) is 6.89. The number of hydrogen-bond acceptors (Lipinski definition) is 3. The van der Waals surface area contributed by atoms with Crippen molar-refractivity contribution in [3.05, 3.63) is 0 Å². The van der Waals surface area contributed by atoms with Crippen molar-refractivity contribution in [1.29, 1.82) is 0 Å². The maximum atomic E-state index is 2.34. The van der Waals surface area contributed by atoms with Crippen molar-refractivity contribution in [1.82, 2.24) is 0 Å². The van der Waals surface area contributed by atoms with E-state index in [1.165, 1.54) is 11.5 Å². The van der Waals surface area contributed by atoms with Gasteiger partial charge in [0.05, 0.1) is 0 Å². The van der Waals surface area contributed by atoms with E-state index in [1.54, 1.807) is 0 Å². The van der Waals surface area contributed by atoms with Crippen LogP contribution in [0, 0.1) is 0 Å². The van der Waals surface area contributed by atoms with Crippen LogP contribution in [0.25, 0.3) is 0 Å². The summed E-state index contributed by atoms with van der Waals surface area (Å²) in [6.07, 6.45) is 0. The molecule has 0 spiro atoms. The van der Waals surface area contributed by atoms with Crippen molar-refractivity contribution in [2.75, 3.05) is 11.5 Å². The molecule has 1 rings (SSSR count). The van der Waals surface area contributed by atoms with Gasteiger partial charge in [-0.15, -0.1) is 0 Å². The van der Waals surface area contributed by atoms with Crippen LogP contribution in [0.1, 0.15) is 20.8 Å². The van der Waals surface area contributed by atoms with Gasteiger partial charge in [0.2, 0.25) is 0 Å². The van der Waals surface area contributed by atoms with E-state index in [0.29, 0.717) is 4.75 Å². The Kier molecular flexibility index (Phi) is 4.26. The van der Waals surface area contributed by atoms with Gasteiger partial charge in [-0.1, -0.05) is 0 Å². The molecule has 0 aromatic heterocycles. The first-order valence-electron chi connectivity index (χ1n) is 3.33. The molecule has 0 saturated carbocycles. The summed E-state index contributed by atoms with van der Waals surface area (Å²) in [6.45, 7) is 7.02. The monoisotopic (exact) mass is 390 g/mol. The summed E-state index contributed by atoms with van der Waals surface area (Å²) in [4.78, 5) is 0. The molecule has 0 amide bonds. The second-order valence-corrected chi connectivity index (χ2v) is 31.4. The van der Waals surface area contributed by atoms with Crippen molar-refractivity contribution < 1.29 is 0 Å². The first-order valence-corrected chi connectivity index (χ1v) is 18.8. The van der Waals surface area contributed by atoms with Crippen LogP contribution >= 0.6 is 25.6 Å². The predicted octanol–water partition coefficient (Wildman–Crippen LogP) is 2.98. The molecule has 0 aliphatic carbocycles. The summed E-state index contributed by atoms with van der Waals surface area (Å²) in [5.41, 5.74) is 0. The normalized spacial score (nSPS) is 21.9. The molecule has 0 aromatic rings. The second kappa shape index (κ2) is 4.25. The molecule has 4 heteroatoms. The van der Waals surface area contributed by atoms with E-state index < -0.39 is 17.4 Å². The fourth-order valence-corrected chi connectivity index (χ4v) is 42.4. The van der Waals surface area contributed by atoms with Crippen LogP contribution < -0.4 is 0 Å². The van der Waals surface area contributed by atoms with Crippen molar-refractivity contribution >= 4 is 42.9 Å². The molecule has 1 fully saturated rings. The van der Waals surface area contributed by atoms with Gasteiger partial charge in [0, 0.05) is 0 Å². The van der Waals surface area contributed by atoms with E-state index in [2.05, 4.69) is 46.3 Å². The average Bonchev–Trinajstić information content (AvgIpc) is 2.12. The Morgan fingerprint density at radius 2 is 1.70 bits per heavy atom. The van der Waals surface area contributed by atoms with Crippen LogP contribution in [0.3, 0.4) is 0 Å². The maximum absolute atomic E-state index is 2.34. The molecule has 1 heterocycles. The molecule has 0 atom stereocenters. The summed E-state index contributed by atoms with van der Waals surface area (Å²) < 4.78 is 0.530. The number of rotatable bonds is 1. The van der Waals surface area contributed by atoms with Crippen molar-refractivity contribution in [2.24, 2.45) is 0 Å². The standard InChI is InChI=1S/C4H10S.C2H6S2.Bi/c1-4(2,3)5;3-1-2-4;/h5H,1-3H3;3-4H,1-2H2;/q;;+3/p-3. The molecule has 0 radical (unpaired) electrons. The average molecular weight is 390 g/mol. The van der Waals surface area contributed by atoms with Gasteiger partial charge in [-0.05, 0) is 0 Å². The third-order valence-corrected chi connectivity index (χ3v) is 35.3. The zero-order valence-electron chi connectivity index (χ0n) is 6.59. The third kappa shape index (κ3) is 4.08. The predicted molar refractivity (Wildman–Crippen MR) is 58.0 cm³/mol. The topological polar surface area (TPSA) is 0 Å². The van der Waals surface area contributed by atoms with Gasteiger partial charge in [0.15, 0.2) is 0 Å². The minimum absolute atomic E-state index is 0.530. The summed E-state index contributed by atoms with van der Waals surface area (Å²) in [6, 6.07) is 0. The molecule has 0 nitrogen and oxygen atoms in total. The molecule has 0 bridgehead atoms. The molecular weight excluding hydrogens is 377 g/mol. The van der Waals surface area contributed by atoms with E-state index in [0.717, 1.165) is 0 Å². The van der Waals surface area contributed by atoms with Crippen LogP contribution in [0.15, 0.2) is 0 Å². The molecule has 10 heavy (non-hydrogen) atoms. The quantitative estimate of drug-likeness (QED) is 0.632. The van der Waals surface area contributed by atoms with Gasteiger partial charge < -0.3 is 0 Å². The minimum atomic E-state index is -1.04. The van der Waals surface area contributed by atoms with Gasteiger partial charge in [-0.25, -0.2) is 0 Å². The molecule has 0 N–H and O–H groups in total. The molecule has 60 valence electrons. The molecule has 0 unspecified atom stereocenters. The van der Waals surface area contributed by atoms with Crippen LogP contribution in [-0.4, -0.2) is 33.6 Å². The zero-order valence-corrected chi connectivity index (χ0v) is 12.5. The molecule has 1 saturated heterocycles. The van der Waals surface area contributed by atoms with E-state index >= 15 is 0 Å². The fraction of sp³-hybridized carbons (Fsp3) is 1.00. The van der Waals surface area contributed by atoms with Crippen LogP contribution in [0.2, 0.25) is 0 Å². The van der Waals surface area contributed by atoms with Gasteiger partial charge >= 0.3 is 79.9 Å². The van der Waals surface area contributed by atoms with Crippen molar-refractivity contribution in [3.8, 4) is 0 Å². The molecular formula is C6H13BiS3. The van der Waals surface area contributed by atoms with Gasteiger partial charge in [0.1, 0.15) is 0 Å². The summed E-state index contributed by atoms with van der Waals surface area (Å²) in [5, 5.41) is 0. The first-order chi connectivity index (χ1) is 4.58. The Balaban J connectivity index is 2.24. The van der Waals surface area contributed by atoms with E-state index in [1.807, 2.05) is 0 Å². The Morgan fingerprint density at radius 1 is 1.20 bits per heavy atom. The van der Waals surface area contributed by atoms with Gasteiger partial charge in [-0.2, -0.15) is 0 Å². The van der Waals surface area contributed by atoms with E-state index in [4.69, 9.17) is 0 Å². The molecule has 1 aliphatic rings. The molecule has 1 aliphatic heterocycles. The van der Waals surface area contributed by atoms with Crippen LogP contribution in [0.4, 0.5) is 0 Å². The Labute approximate surface area is 79.1 Å². The Morgan fingerprint density at radius 3 is 2.10 bits per heavy atom. The van der Waals surface area contributed by atoms with E-state index in [9.17, 15) is 0 Å². The fourth-order valence-electron chi connectivity index (χ4n) is 0.537. The number of hydrogen-bond donors (Lipinski definition) is 0. The first kappa shape index (κ1) is 10.0. The van der Waals surface area contributed by atoms with Crippen LogP contribution in [-0.2, 0) is 0 Å². The zero-order chi connectivity index (χ0) is 7.61. The second-order valence-electron chi connectivity index (χ2n) is 3.09. The Bertz CT molecular complexity index is 104. The van der Waals surface area contributed by atoms with E-state index in [-0.39, 0.29) is 0 Å². The molecule has 0 aromatic carbocycles. The van der Waals surface area contributed by atoms with Crippen molar-refractivity contribution in [2.45, 2.75) is 25.5 Å². The van der Waals surface area contributed by atoms with Crippen molar-refractivity contribution in [3.63, 3.8) is 0 Å². The Hall–Kier alpha value is 1.93. The van der Waals surface area contributed by atoms with Gasteiger partial charge in [-0.3, -0.25) is 0 Å². The third-order valence-electron chi connectivity index (χ3n) is 0.825.